The molecule has 0 unspecified atom stereocenters. The highest BCUT2D eigenvalue weighted by Gasteiger charge is 2.48. The summed E-state index contributed by atoms with van der Waals surface area (Å²) in [6, 6.07) is 12.5. The van der Waals surface area contributed by atoms with Crippen LogP contribution in [0.15, 0.2) is 42.5 Å². The SMILES string of the molecule is CCOc1ccc(Cc2cc([C@@H]3O[C@@H](S(C)(=O)=O)[C@@H](O)[C@H](O)[C@H]3O)ccc2Cl)cc1. The van der Waals surface area contributed by atoms with Crippen molar-refractivity contribution in [3.05, 3.63) is 64.2 Å². The van der Waals surface area contributed by atoms with Crippen LogP contribution < -0.4 is 4.74 Å². The molecular formula is C21H25ClO7S. The molecule has 1 fully saturated rings. The molecule has 7 nitrogen and oxygen atoms in total. The predicted octanol–water partition coefficient (Wildman–Crippen LogP) is 1.85. The third-order valence-electron chi connectivity index (χ3n) is 5.02. The molecule has 30 heavy (non-hydrogen) atoms. The first kappa shape index (κ1) is 23.0. The highest BCUT2D eigenvalue weighted by Crippen LogP contribution is 2.35. The van der Waals surface area contributed by atoms with E-state index in [0.717, 1.165) is 23.1 Å². The topological polar surface area (TPSA) is 113 Å². The van der Waals surface area contributed by atoms with Crippen molar-refractivity contribution in [2.75, 3.05) is 12.9 Å². The molecule has 2 aromatic carbocycles. The van der Waals surface area contributed by atoms with Crippen molar-refractivity contribution in [3.8, 4) is 5.75 Å². The molecule has 3 N–H and O–H groups in total. The summed E-state index contributed by atoms with van der Waals surface area (Å²) < 4.78 is 34.9. The van der Waals surface area contributed by atoms with E-state index in [9.17, 15) is 23.7 Å². The van der Waals surface area contributed by atoms with Crippen LogP contribution in [0.3, 0.4) is 0 Å². The zero-order valence-corrected chi connectivity index (χ0v) is 18.2. The van der Waals surface area contributed by atoms with Gasteiger partial charge in [-0.25, -0.2) is 8.42 Å². The maximum Gasteiger partial charge on any atom is 0.187 e. The number of aliphatic hydroxyl groups is 3. The molecule has 0 aliphatic carbocycles. The summed E-state index contributed by atoms with van der Waals surface area (Å²) in [5.74, 6) is 0.763. The van der Waals surface area contributed by atoms with Gasteiger partial charge in [0.05, 0.1) is 6.61 Å². The Labute approximate surface area is 180 Å². The quantitative estimate of drug-likeness (QED) is 0.607. The van der Waals surface area contributed by atoms with Gasteiger partial charge in [-0.3, -0.25) is 0 Å². The van der Waals surface area contributed by atoms with Gasteiger partial charge in [0, 0.05) is 11.3 Å². The van der Waals surface area contributed by atoms with Crippen LogP contribution in [0, 0.1) is 0 Å². The molecule has 164 valence electrons. The molecule has 0 saturated carbocycles. The molecule has 1 aliphatic heterocycles. The van der Waals surface area contributed by atoms with Gasteiger partial charge >= 0.3 is 0 Å². The average molecular weight is 457 g/mol. The number of halogens is 1. The molecule has 0 radical (unpaired) electrons. The van der Waals surface area contributed by atoms with Gasteiger partial charge in [-0.1, -0.05) is 35.9 Å². The van der Waals surface area contributed by atoms with Gasteiger partial charge in [0.1, 0.15) is 30.2 Å². The van der Waals surface area contributed by atoms with Crippen LogP contribution in [0.5, 0.6) is 5.75 Å². The van der Waals surface area contributed by atoms with Crippen molar-refractivity contribution < 1.29 is 33.2 Å². The Kier molecular flexibility index (Phi) is 7.06. The lowest BCUT2D eigenvalue weighted by molar-refractivity contribution is -0.202. The minimum Gasteiger partial charge on any atom is -0.494 e. The van der Waals surface area contributed by atoms with Crippen LogP contribution in [0.4, 0.5) is 0 Å². The number of aliphatic hydroxyl groups excluding tert-OH is 3. The van der Waals surface area contributed by atoms with Crippen molar-refractivity contribution >= 4 is 21.4 Å². The molecule has 1 saturated heterocycles. The molecule has 0 amide bonds. The van der Waals surface area contributed by atoms with E-state index < -0.39 is 39.7 Å². The van der Waals surface area contributed by atoms with Crippen LogP contribution >= 0.6 is 11.6 Å². The number of hydrogen-bond donors (Lipinski definition) is 3. The van der Waals surface area contributed by atoms with Crippen molar-refractivity contribution in [1.82, 2.24) is 0 Å². The Morgan fingerprint density at radius 3 is 2.30 bits per heavy atom. The van der Waals surface area contributed by atoms with E-state index in [0.29, 0.717) is 23.6 Å². The van der Waals surface area contributed by atoms with Crippen LogP contribution in [0.2, 0.25) is 5.02 Å². The van der Waals surface area contributed by atoms with Crippen LogP contribution in [-0.4, -0.2) is 60.3 Å². The first-order valence-electron chi connectivity index (χ1n) is 9.50. The lowest BCUT2D eigenvalue weighted by Crippen LogP contribution is -2.56. The van der Waals surface area contributed by atoms with E-state index in [1.165, 1.54) is 0 Å². The summed E-state index contributed by atoms with van der Waals surface area (Å²) >= 11 is 6.34. The molecule has 1 heterocycles. The highest BCUT2D eigenvalue weighted by atomic mass is 35.5. The van der Waals surface area contributed by atoms with Crippen molar-refractivity contribution in [2.45, 2.75) is 43.2 Å². The molecule has 5 atom stereocenters. The third-order valence-corrected chi connectivity index (χ3v) is 6.62. The molecule has 0 spiro atoms. The number of sulfone groups is 1. The van der Waals surface area contributed by atoms with E-state index in [4.69, 9.17) is 21.1 Å². The fourth-order valence-electron chi connectivity index (χ4n) is 3.47. The van der Waals surface area contributed by atoms with E-state index in [1.807, 2.05) is 31.2 Å². The molecule has 3 rings (SSSR count). The smallest absolute Gasteiger partial charge is 0.187 e. The van der Waals surface area contributed by atoms with Crippen molar-refractivity contribution in [1.29, 1.82) is 0 Å². The standard InChI is InChI=1S/C21H25ClO7S/c1-3-28-15-7-4-12(5-8-15)10-14-11-13(6-9-16(14)22)20-18(24)17(23)19(25)21(29-20)30(2,26)27/h4-9,11,17-21,23-25H,3,10H2,1-2H3/t17-,18-,19+,20+,21+/m1/s1. The maximum atomic E-state index is 12.0. The Hall–Kier alpha value is -1.68. The van der Waals surface area contributed by atoms with E-state index in [-0.39, 0.29) is 0 Å². The summed E-state index contributed by atoms with van der Waals surface area (Å²) in [4.78, 5) is 0. The third kappa shape index (κ3) is 4.96. The van der Waals surface area contributed by atoms with E-state index >= 15 is 0 Å². The fourth-order valence-corrected chi connectivity index (χ4v) is 4.65. The van der Waals surface area contributed by atoms with Crippen molar-refractivity contribution in [3.63, 3.8) is 0 Å². The lowest BCUT2D eigenvalue weighted by Gasteiger charge is -2.40. The zero-order chi connectivity index (χ0) is 22.1. The largest absolute Gasteiger partial charge is 0.494 e. The Balaban J connectivity index is 1.88. The van der Waals surface area contributed by atoms with Gasteiger partial charge in [0.25, 0.3) is 0 Å². The summed E-state index contributed by atoms with van der Waals surface area (Å²) in [5, 5.41) is 31.1. The first-order chi connectivity index (χ1) is 14.1. The normalized spacial score (nSPS) is 27.1. The zero-order valence-electron chi connectivity index (χ0n) is 16.6. The van der Waals surface area contributed by atoms with Gasteiger partial charge in [0.15, 0.2) is 15.3 Å². The number of ether oxygens (including phenoxy) is 2. The number of hydrogen-bond acceptors (Lipinski definition) is 7. The average Bonchev–Trinajstić information content (AvgIpc) is 2.69. The first-order valence-corrected chi connectivity index (χ1v) is 11.8. The van der Waals surface area contributed by atoms with E-state index in [2.05, 4.69) is 0 Å². The van der Waals surface area contributed by atoms with E-state index in [1.54, 1.807) is 18.2 Å². The minimum atomic E-state index is -3.83. The Bertz CT molecular complexity index is 977. The summed E-state index contributed by atoms with van der Waals surface area (Å²) in [6.45, 7) is 2.48. The van der Waals surface area contributed by atoms with Crippen LogP contribution in [0.25, 0.3) is 0 Å². The van der Waals surface area contributed by atoms with Gasteiger partial charge in [-0.05, 0) is 48.2 Å². The Morgan fingerprint density at radius 1 is 1.03 bits per heavy atom. The molecule has 0 bridgehead atoms. The second-order valence-corrected chi connectivity index (χ2v) is 9.86. The van der Waals surface area contributed by atoms with Crippen LogP contribution in [0.1, 0.15) is 29.7 Å². The molecular weight excluding hydrogens is 432 g/mol. The minimum absolute atomic E-state index is 0.451. The monoisotopic (exact) mass is 456 g/mol. The fraction of sp³-hybridized carbons (Fsp3) is 0.429. The highest BCUT2D eigenvalue weighted by molar-refractivity contribution is 7.91. The van der Waals surface area contributed by atoms with Gasteiger partial charge in [0.2, 0.25) is 0 Å². The molecule has 1 aliphatic rings. The second-order valence-electron chi connectivity index (χ2n) is 7.33. The second kappa shape index (κ2) is 9.21. The summed E-state index contributed by atoms with van der Waals surface area (Å²) in [5.41, 5.74) is 0.524. The van der Waals surface area contributed by atoms with Crippen molar-refractivity contribution in [2.24, 2.45) is 0 Å². The Morgan fingerprint density at radius 2 is 1.70 bits per heavy atom. The number of rotatable bonds is 6. The summed E-state index contributed by atoms with van der Waals surface area (Å²) in [6.07, 6.45) is -4.67. The van der Waals surface area contributed by atoms with Gasteiger partial charge in [-0.2, -0.15) is 0 Å². The van der Waals surface area contributed by atoms with Gasteiger partial charge in [-0.15, -0.1) is 0 Å². The lowest BCUT2D eigenvalue weighted by atomic mass is 9.92. The number of benzene rings is 2. The molecule has 0 aromatic heterocycles. The molecule has 9 heteroatoms. The van der Waals surface area contributed by atoms with Crippen LogP contribution in [-0.2, 0) is 21.0 Å². The molecule has 2 aromatic rings. The predicted molar refractivity (Wildman–Crippen MR) is 112 cm³/mol. The maximum absolute atomic E-state index is 12.0. The summed E-state index contributed by atoms with van der Waals surface area (Å²) in [7, 11) is -3.83. The van der Waals surface area contributed by atoms with Gasteiger partial charge < -0.3 is 24.8 Å².